The van der Waals surface area contributed by atoms with E-state index in [4.69, 9.17) is 9.47 Å². The van der Waals surface area contributed by atoms with Crippen LogP contribution in [0, 0.1) is 0 Å². The first-order valence-corrected chi connectivity index (χ1v) is 11.7. The number of nitrogens with zero attached hydrogens (tertiary/aromatic N) is 2. The lowest BCUT2D eigenvalue weighted by atomic mass is 9.98. The molecular formula is C24H41IN4O2. The minimum atomic E-state index is 0. The van der Waals surface area contributed by atoms with Gasteiger partial charge in [0, 0.05) is 53.0 Å². The van der Waals surface area contributed by atoms with E-state index in [9.17, 15) is 0 Å². The van der Waals surface area contributed by atoms with Crippen LogP contribution in [-0.2, 0) is 11.3 Å². The first-order chi connectivity index (χ1) is 14.8. The summed E-state index contributed by atoms with van der Waals surface area (Å²) in [5.41, 5.74) is 1.22. The van der Waals surface area contributed by atoms with Gasteiger partial charge < -0.3 is 25.0 Å². The first kappa shape index (κ1) is 26.2. The van der Waals surface area contributed by atoms with Crippen LogP contribution < -0.4 is 15.4 Å². The highest BCUT2D eigenvalue weighted by atomic mass is 127. The van der Waals surface area contributed by atoms with Crippen LogP contribution >= 0.6 is 24.0 Å². The van der Waals surface area contributed by atoms with E-state index in [-0.39, 0.29) is 24.0 Å². The van der Waals surface area contributed by atoms with Crippen molar-refractivity contribution < 1.29 is 9.47 Å². The Labute approximate surface area is 205 Å². The topological polar surface area (TPSA) is 58.1 Å². The van der Waals surface area contributed by atoms with E-state index in [1.165, 1.54) is 37.7 Å². The number of rotatable bonds is 9. The molecule has 1 saturated heterocycles. The molecule has 3 rings (SSSR count). The molecule has 1 aliphatic carbocycles. The minimum absolute atomic E-state index is 0. The third-order valence-electron chi connectivity index (χ3n) is 6.19. The van der Waals surface area contributed by atoms with Crippen molar-refractivity contribution in [1.82, 2.24) is 15.5 Å². The predicted molar refractivity (Wildman–Crippen MR) is 139 cm³/mol. The van der Waals surface area contributed by atoms with Gasteiger partial charge in [0.15, 0.2) is 5.96 Å². The van der Waals surface area contributed by atoms with Gasteiger partial charge in [0.05, 0.1) is 6.10 Å². The van der Waals surface area contributed by atoms with Crippen molar-refractivity contribution in [2.24, 2.45) is 4.99 Å². The van der Waals surface area contributed by atoms with Gasteiger partial charge >= 0.3 is 0 Å². The highest BCUT2D eigenvalue weighted by molar-refractivity contribution is 14.0. The van der Waals surface area contributed by atoms with Crippen molar-refractivity contribution in [1.29, 1.82) is 0 Å². The molecule has 6 nitrogen and oxygen atoms in total. The molecule has 1 heterocycles. The smallest absolute Gasteiger partial charge is 0.191 e. The fourth-order valence-electron chi connectivity index (χ4n) is 4.41. The van der Waals surface area contributed by atoms with Crippen molar-refractivity contribution in [3.8, 4) is 5.75 Å². The number of likely N-dealkylation sites (tertiary alicyclic amines) is 1. The fraction of sp³-hybridized carbons (Fsp3) is 0.708. The molecule has 2 fully saturated rings. The number of methoxy groups -OCH3 is 1. The van der Waals surface area contributed by atoms with E-state index in [1.54, 1.807) is 7.11 Å². The van der Waals surface area contributed by atoms with Crippen LogP contribution in [0.1, 0.15) is 56.9 Å². The summed E-state index contributed by atoms with van der Waals surface area (Å²) < 4.78 is 11.4. The molecule has 0 bridgehead atoms. The van der Waals surface area contributed by atoms with Gasteiger partial charge in [-0.1, -0.05) is 18.6 Å². The number of hydrogen-bond acceptors (Lipinski definition) is 4. The number of guanidine groups is 1. The Balaban J connectivity index is 0.00000341. The molecule has 0 unspecified atom stereocenters. The lowest BCUT2D eigenvalue weighted by molar-refractivity contribution is 0.155. The molecule has 2 N–H and O–H groups in total. The van der Waals surface area contributed by atoms with Crippen molar-refractivity contribution >= 4 is 29.9 Å². The summed E-state index contributed by atoms with van der Waals surface area (Å²) in [6, 6.07) is 8.95. The summed E-state index contributed by atoms with van der Waals surface area (Å²) in [6.45, 7) is 5.00. The lowest BCUT2D eigenvalue weighted by Crippen LogP contribution is -2.48. The Morgan fingerprint density at radius 2 is 1.90 bits per heavy atom. The zero-order chi connectivity index (χ0) is 21.0. The molecule has 1 aromatic carbocycles. The number of ether oxygens (including phenoxy) is 2. The van der Waals surface area contributed by atoms with E-state index in [1.807, 2.05) is 7.05 Å². The first-order valence-electron chi connectivity index (χ1n) is 11.7. The second kappa shape index (κ2) is 14.9. The zero-order valence-electron chi connectivity index (χ0n) is 19.3. The molecule has 2 aliphatic rings. The monoisotopic (exact) mass is 544 g/mol. The van der Waals surface area contributed by atoms with E-state index >= 15 is 0 Å². The predicted octanol–water partition coefficient (Wildman–Crippen LogP) is 4.18. The Hall–Kier alpha value is -1.06. The maximum atomic E-state index is 6.21. The Kier molecular flexibility index (Phi) is 12.6. The Morgan fingerprint density at radius 3 is 2.61 bits per heavy atom. The van der Waals surface area contributed by atoms with Gasteiger partial charge in [0.1, 0.15) is 5.75 Å². The molecule has 0 spiro atoms. The summed E-state index contributed by atoms with van der Waals surface area (Å²) in [7, 11) is 3.62. The van der Waals surface area contributed by atoms with Gasteiger partial charge in [0.25, 0.3) is 0 Å². The van der Waals surface area contributed by atoms with Crippen molar-refractivity contribution in [2.75, 3.05) is 40.4 Å². The van der Waals surface area contributed by atoms with Crippen molar-refractivity contribution in [3.63, 3.8) is 0 Å². The average Bonchev–Trinajstić information content (AvgIpc) is 2.79. The highest BCUT2D eigenvalue weighted by Crippen LogP contribution is 2.24. The van der Waals surface area contributed by atoms with Gasteiger partial charge in [0.2, 0.25) is 0 Å². The van der Waals surface area contributed by atoms with Crippen molar-refractivity contribution in [3.05, 3.63) is 29.8 Å². The minimum Gasteiger partial charge on any atom is -0.490 e. The quantitative estimate of drug-likeness (QED) is 0.212. The number of halogens is 1. The molecule has 1 saturated carbocycles. The largest absolute Gasteiger partial charge is 0.490 e. The summed E-state index contributed by atoms with van der Waals surface area (Å²) in [5, 5.41) is 7.07. The molecular weight excluding hydrogens is 503 g/mol. The number of hydrogen-bond donors (Lipinski definition) is 2. The van der Waals surface area contributed by atoms with E-state index in [0.29, 0.717) is 12.1 Å². The maximum absolute atomic E-state index is 6.21. The van der Waals surface area contributed by atoms with Gasteiger partial charge in [-0.25, -0.2) is 0 Å². The van der Waals surface area contributed by atoms with Gasteiger partial charge in [-0.3, -0.25) is 4.99 Å². The molecule has 0 atom stereocenters. The zero-order valence-corrected chi connectivity index (χ0v) is 21.6. The standard InChI is InChI=1S/C24H40N4O2.HI/c1-25-24(27-21-12-15-28(16-13-21)14-7-17-29-2)26-19-20-8-6-11-23(18-20)30-22-9-4-3-5-10-22;/h6,8,11,18,21-22H,3-5,7,9-10,12-17,19H2,1-2H3,(H2,25,26,27);1H. The van der Waals surface area contributed by atoms with Crippen LogP contribution in [0.3, 0.4) is 0 Å². The number of benzene rings is 1. The van der Waals surface area contributed by atoms with Crippen LogP contribution in [0.15, 0.2) is 29.3 Å². The van der Waals surface area contributed by atoms with Crippen molar-refractivity contribution in [2.45, 2.75) is 70.1 Å². The molecule has 1 aromatic rings. The third-order valence-corrected chi connectivity index (χ3v) is 6.19. The maximum Gasteiger partial charge on any atom is 0.191 e. The van der Waals surface area contributed by atoms with Gasteiger partial charge in [-0.05, 0) is 62.6 Å². The molecule has 31 heavy (non-hydrogen) atoms. The second-order valence-corrected chi connectivity index (χ2v) is 8.56. The average molecular weight is 545 g/mol. The Bertz CT molecular complexity index is 644. The van der Waals surface area contributed by atoms with Crippen LogP contribution in [0.5, 0.6) is 5.75 Å². The molecule has 0 radical (unpaired) electrons. The third kappa shape index (κ3) is 9.53. The molecule has 7 heteroatoms. The normalized spacial score (nSPS) is 19.0. The Morgan fingerprint density at radius 1 is 1.13 bits per heavy atom. The lowest BCUT2D eigenvalue weighted by Gasteiger charge is -2.33. The van der Waals surface area contributed by atoms with E-state index in [2.05, 4.69) is 44.8 Å². The van der Waals surface area contributed by atoms with Crippen LogP contribution in [0.4, 0.5) is 0 Å². The number of nitrogens with one attached hydrogen (secondary N) is 2. The number of aliphatic imine (C=N–C) groups is 1. The summed E-state index contributed by atoms with van der Waals surface area (Å²) in [4.78, 5) is 6.96. The number of piperidine rings is 1. The second-order valence-electron chi connectivity index (χ2n) is 8.56. The van der Waals surface area contributed by atoms with E-state index in [0.717, 1.165) is 63.8 Å². The molecule has 0 aromatic heterocycles. The SMILES string of the molecule is CN=C(NCc1cccc(OC2CCCCC2)c1)NC1CCN(CCCOC)CC1.I. The molecule has 0 amide bonds. The van der Waals surface area contributed by atoms with Crippen LogP contribution in [0.2, 0.25) is 0 Å². The van der Waals surface area contributed by atoms with Crippen LogP contribution in [-0.4, -0.2) is 63.4 Å². The summed E-state index contributed by atoms with van der Waals surface area (Å²) >= 11 is 0. The van der Waals surface area contributed by atoms with Crippen LogP contribution in [0.25, 0.3) is 0 Å². The molecule has 176 valence electrons. The van der Waals surface area contributed by atoms with Gasteiger partial charge in [-0.15, -0.1) is 24.0 Å². The highest BCUT2D eigenvalue weighted by Gasteiger charge is 2.19. The fourth-order valence-corrected chi connectivity index (χ4v) is 4.41. The van der Waals surface area contributed by atoms with Gasteiger partial charge in [-0.2, -0.15) is 0 Å². The summed E-state index contributed by atoms with van der Waals surface area (Å²) in [5.74, 6) is 1.87. The summed E-state index contributed by atoms with van der Waals surface area (Å²) in [6.07, 6.45) is 10.1. The van der Waals surface area contributed by atoms with E-state index < -0.39 is 0 Å². The molecule has 1 aliphatic heterocycles.